The normalized spacial score (nSPS) is 18.5. The first-order valence-electron chi connectivity index (χ1n) is 11.4. The maximum Gasteiger partial charge on any atom is 0.416 e. The third-order valence-corrected chi connectivity index (χ3v) is 6.35. The average Bonchev–Trinajstić information content (AvgIpc) is 2.84. The number of rotatable bonds is 5. The molecule has 36 heavy (non-hydrogen) atoms. The van der Waals surface area contributed by atoms with Crippen LogP contribution in [-0.4, -0.2) is 10.1 Å². The first kappa shape index (κ1) is 25.6. The summed E-state index contributed by atoms with van der Waals surface area (Å²) in [6.45, 7) is 3.57. The lowest BCUT2D eigenvalue weighted by Gasteiger charge is -2.32. The smallest absolute Gasteiger partial charge is 0.388 e. The number of benzene rings is 2. The van der Waals surface area contributed by atoms with Gasteiger partial charge in [-0.1, -0.05) is 43.2 Å². The monoisotopic (exact) mass is 502 g/mol. The molecule has 3 aromatic rings. The molecule has 5 nitrogen and oxygen atoms in total. The number of nitrogens with zero attached hydrogens (tertiary/aromatic N) is 4. The molecule has 1 aliphatic carbocycles. The van der Waals surface area contributed by atoms with Crippen LogP contribution < -0.4 is 0 Å². The van der Waals surface area contributed by atoms with E-state index in [4.69, 9.17) is 5.53 Å². The van der Waals surface area contributed by atoms with Gasteiger partial charge in [-0.2, -0.15) is 13.2 Å². The molecule has 0 saturated carbocycles. The number of alkyl halides is 4. The molecular weight excluding hydrogens is 479 g/mol. The Morgan fingerprint density at radius 3 is 2.25 bits per heavy atom. The summed E-state index contributed by atoms with van der Waals surface area (Å²) in [5.41, 5.74) is 9.81. The van der Waals surface area contributed by atoms with Crippen molar-refractivity contribution in [2.75, 3.05) is 0 Å². The number of halogens is 5. The fourth-order valence-electron chi connectivity index (χ4n) is 4.65. The molecule has 0 amide bonds. The second kappa shape index (κ2) is 9.87. The molecule has 188 valence electrons. The van der Waals surface area contributed by atoms with Gasteiger partial charge in [0.15, 0.2) is 6.17 Å². The summed E-state index contributed by atoms with van der Waals surface area (Å²) in [6, 6.07) is 8.38. The predicted molar refractivity (Wildman–Crippen MR) is 124 cm³/mol. The lowest BCUT2D eigenvalue weighted by Crippen LogP contribution is -2.21. The van der Waals surface area contributed by atoms with Gasteiger partial charge in [0.2, 0.25) is 0 Å². The van der Waals surface area contributed by atoms with E-state index in [0.717, 1.165) is 24.3 Å². The molecule has 1 aromatic heterocycles. The number of pyridine rings is 1. The largest absolute Gasteiger partial charge is 0.416 e. The molecular formula is C26H23F5N4O. The van der Waals surface area contributed by atoms with Crippen molar-refractivity contribution in [2.45, 2.75) is 57.1 Å². The summed E-state index contributed by atoms with van der Waals surface area (Å²) in [4.78, 5) is 7.54. The zero-order valence-corrected chi connectivity index (χ0v) is 19.5. The number of aromatic nitrogens is 1. The van der Waals surface area contributed by atoms with E-state index in [0.29, 0.717) is 23.4 Å². The minimum atomic E-state index is -4.57. The van der Waals surface area contributed by atoms with E-state index < -0.39 is 35.9 Å². The van der Waals surface area contributed by atoms with Gasteiger partial charge in [-0.3, -0.25) is 4.98 Å². The van der Waals surface area contributed by atoms with Crippen LogP contribution in [0.2, 0.25) is 0 Å². The Balaban J connectivity index is 2.03. The van der Waals surface area contributed by atoms with Crippen LogP contribution >= 0.6 is 0 Å². The first-order chi connectivity index (χ1) is 17.0. The van der Waals surface area contributed by atoms with Crippen LogP contribution in [0.5, 0.6) is 0 Å². The molecule has 3 atom stereocenters. The molecule has 0 fully saturated rings. The predicted octanol–water partition coefficient (Wildman–Crippen LogP) is 8.27. The maximum atomic E-state index is 16.3. The first-order valence-corrected chi connectivity index (χ1v) is 11.4. The van der Waals surface area contributed by atoms with E-state index >= 15 is 4.39 Å². The second-order valence-electron chi connectivity index (χ2n) is 9.04. The van der Waals surface area contributed by atoms with Gasteiger partial charge in [-0.05, 0) is 65.2 Å². The van der Waals surface area contributed by atoms with Crippen LogP contribution in [-0.2, 0) is 6.18 Å². The fourth-order valence-corrected chi connectivity index (χ4v) is 4.65. The van der Waals surface area contributed by atoms with Crippen molar-refractivity contribution in [3.63, 3.8) is 0 Å². The van der Waals surface area contributed by atoms with E-state index in [1.807, 2.05) is 0 Å². The minimum Gasteiger partial charge on any atom is -0.388 e. The molecule has 0 radical (unpaired) electrons. The van der Waals surface area contributed by atoms with Crippen LogP contribution in [0.4, 0.5) is 22.0 Å². The molecule has 10 heteroatoms. The highest BCUT2D eigenvalue weighted by Gasteiger charge is 2.36. The SMILES string of the molecule is CC(C)c1nc2c(c(-c3ccc(F)cc3)c1C(F)c1ccc(C(F)(F)F)cc1)C(O)CCC2N=[N+]=[N-]. The van der Waals surface area contributed by atoms with Crippen LogP contribution in [0.25, 0.3) is 21.6 Å². The van der Waals surface area contributed by atoms with Gasteiger partial charge < -0.3 is 5.11 Å². The van der Waals surface area contributed by atoms with E-state index in [9.17, 15) is 22.7 Å². The van der Waals surface area contributed by atoms with Crippen molar-refractivity contribution in [1.82, 2.24) is 4.98 Å². The van der Waals surface area contributed by atoms with E-state index in [-0.39, 0.29) is 34.6 Å². The zero-order chi connectivity index (χ0) is 26.2. The van der Waals surface area contributed by atoms with Gasteiger partial charge >= 0.3 is 6.18 Å². The molecule has 1 N–H and O–H groups in total. The lowest BCUT2D eigenvalue weighted by atomic mass is 9.79. The highest BCUT2D eigenvalue weighted by molar-refractivity contribution is 5.75. The van der Waals surface area contributed by atoms with Crippen LogP contribution in [0.1, 0.15) is 84.6 Å². The van der Waals surface area contributed by atoms with E-state index in [2.05, 4.69) is 15.0 Å². The molecule has 0 spiro atoms. The Labute approximate surface area is 204 Å². The van der Waals surface area contributed by atoms with Crippen molar-refractivity contribution in [2.24, 2.45) is 5.11 Å². The Morgan fingerprint density at radius 1 is 1.06 bits per heavy atom. The third kappa shape index (κ3) is 4.79. The standard InChI is InChI=1S/C26H23F5N4O/c1-13(2)24-22(23(28)15-3-7-16(8-4-15)26(29,30)31)20(14-5-9-17(27)10-6-14)21-19(36)12-11-18(34-35-32)25(21)33-24/h3-10,13,18-19,23,36H,11-12H2,1-2H3. The second-order valence-corrected chi connectivity index (χ2v) is 9.04. The van der Waals surface area contributed by atoms with Crippen LogP contribution in [0.3, 0.4) is 0 Å². The molecule has 3 unspecified atom stereocenters. The highest BCUT2D eigenvalue weighted by Crippen LogP contribution is 2.48. The number of aliphatic hydroxyl groups excluding tert-OH is 1. The van der Waals surface area contributed by atoms with Crippen molar-refractivity contribution < 1.29 is 27.1 Å². The highest BCUT2D eigenvalue weighted by atomic mass is 19.4. The molecule has 4 rings (SSSR count). The topological polar surface area (TPSA) is 81.9 Å². The summed E-state index contributed by atoms with van der Waals surface area (Å²) in [5.74, 6) is -0.845. The number of hydrogen-bond donors (Lipinski definition) is 1. The molecule has 0 saturated heterocycles. The third-order valence-electron chi connectivity index (χ3n) is 6.35. The van der Waals surface area contributed by atoms with Gasteiger partial charge in [0.1, 0.15) is 5.82 Å². The maximum absolute atomic E-state index is 16.3. The Kier molecular flexibility index (Phi) is 7.02. The molecule has 1 heterocycles. The van der Waals surface area contributed by atoms with E-state index in [1.54, 1.807) is 13.8 Å². The fraction of sp³-hybridized carbons (Fsp3) is 0.346. The van der Waals surface area contributed by atoms with Crippen molar-refractivity contribution in [3.05, 3.63) is 98.4 Å². The summed E-state index contributed by atoms with van der Waals surface area (Å²) < 4.78 is 69.3. The molecule has 0 bridgehead atoms. The average molecular weight is 502 g/mol. The summed E-state index contributed by atoms with van der Waals surface area (Å²) in [6.07, 6.45) is -6.96. The van der Waals surface area contributed by atoms with Gasteiger partial charge in [0, 0.05) is 16.0 Å². The Bertz CT molecular complexity index is 1300. The van der Waals surface area contributed by atoms with Gasteiger partial charge in [-0.25, -0.2) is 8.78 Å². The number of azide groups is 1. The number of aliphatic hydroxyl groups is 1. The lowest BCUT2D eigenvalue weighted by molar-refractivity contribution is -0.137. The van der Waals surface area contributed by atoms with E-state index in [1.165, 1.54) is 24.3 Å². The zero-order valence-electron chi connectivity index (χ0n) is 19.5. The van der Waals surface area contributed by atoms with Crippen molar-refractivity contribution >= 4 is 0 Å². The van der Waals surface area contributed by atoms with Gasteiger partial charge in [0.05, 0.1) is 29.1 Å². The van der Waals surface area contributed by atoms with Crippen molar-refractivity contribution in [3.8, 4) is 11.1 Å². The van der Waals surface area contributed by atoms with Crippen molar-refractivity contribution in [1.29, 1.82) is 0 Å². The van der Waals surface area contributed by atoms with Gasteiger partial charge in [-0.15, -0.1) is 0 Å². The number of hydrogen-bond acceptors (Lipinski definition) is 3. The molecule has 1 aliphatic rings. The Morgan fingerprint density at radius 2 is 1.69 bits per heavy atom. The van der Waals surface area contributed by atoms with Gasteiger partial charge in [0.25, 0.3) is 0 Å². The summed E-state index contributed by atoms with van der Waals surface area (Å²) in [5, 5.41) is 14.8. The quantitative estimate of drug-likeness (QED) is 0.165. The molecule has 0 aliphatic heterocycles. The van der Waals surface area contributed by atoms with Crippen LogP contribution in [0.15, 0.2) is 53.6 Å². The molecule has 2 aromatic carbocycles. The summed E-state index contributed by atoms with van der Waals surface area (Å²) in [7, 11) is 0. The minimum absolute atomic E-state index is 0.0214. The summed E-state index contributed by atoms with van der Waals surface area (Å²) >= 11 is 0. The van der Waals surface area contributed by atoms with Crippen LogP contribution in [0, 0.1) is 5.82 Å². The Hall–Kier alpha value is -3.49. The number of fused-ring (bicyclic) bond motifs is 1.